The van der Waals surface area contributed by atoms with Gasteiger partial charge in [0.2, 0.25) is 0 Å². The van der Waals surface area contributed by atoms with Crippen LogP contribution in [-0.2, 0) is 6.42 Å². The van der Waals surface area contributed by atoms with E-state index in [9.17, 15) is 4.79 Å². The molecule has 0 spiro atoms. The summed E-state index contributed by atoms with van der Waals surface area (Å²) in [7, 11) is 0. The van der Waals surface area contributed by atoms with Crippen molar-refractivity contribution >= 4 is 27.5 Å². The summed E-state index contributed by atoms with van der Waals surface area (Å²) in [4.78, 5) is 12.5. The standard InChI is InChI=1S/C25H18FNO2/c1-2-3-16-6-10-20-18(14-16)7-11-22-21(20)12-13-23(24(22)26)25(28)29-19-8-4-17(15-27)5-9-19/h4-14H,2-3H2,1H3. The molecule has 0 fully saturated rings. The molecule has 0 saturated heterocycles. The Balaban J connectivity index is 1.71. The minimum atomic E-state index is -0.771. The molecule has 4 heteroatoms. The number of carbonyl (C=O) groups is 1. The van der Waals surface area contributed by atoms with Crippen molar-refractivity contribution in [1.29, 1.82) is 5.26 Å². The lowest BCUT2D eigenvalue weighted by atomic mass is 9.97. The highest BCUT2D eigenvalue weighted by molar-refractivity contribution is 6.09. The van der Waals surface area contributed by atoms with Crippen LogP contribution in [0.3, 0.4) is 0 Å². The van der Waals surface area contributed by atoms with Crippen LogP contribution in [-0.4, -0.2) is 5.97 Å². The zero-order valence-electron chi connectivity index (χ0n) is 15.9. The fraction of sp³-hybridized carbons (Fsp3) is 0.120. The van der Waals surface area contributed by atoms with Gasteiger partial charge >= 0.3 is 5.97 Å². The van der Waals surface area contributed by atoms with Crippen LogP contribution in [0.25, 0.3) is 21.5 Å². The van der Waals surface area contributed by atoms with Crippen molar-refractivity contribution in [3.63, 3.8) is 0 Å². The number of fused-ring (bicyclic) bond motifs is 3. The third-order valence-corrected chi connectivity index (χ3v) is 4.97. The van der Waals surface area contributed by atoms with Gasteiger partial charge in [-0.25, -0.2) is 9.18 Å². The van der Waals surface area contributed by atoms with Gasteiger partial charge in [0.05, 0.1) is 17.2 Å². The number of rotatable bonds is 4. The molecule has 0 radical (unpaired) electrons. The summed E-state index contributed by atoms with van der Waals surface area (Å²) in [6.07, 6.45) is 2.07. The zero-order chi connectivity index (χ0) is 20.4. The minimum Gasteiger partial charge on any atom is -0.423 e. The highest BCUT2D eigenvalue weighted by atomic mass is 19.1. The van der Waals surface area contributed by atoms with E-state index < -0.39 is 11.8 Å². The highest BCUT2D eigenvalue weighted by Gasteiger charge is 2.17. The molecule has 0 bridgehead atoms. The topological polar surface area (TPSA) is 50.1 Å². The van der Waals surface area contributed by atoms with Crippen molar-refractivity contribution in [2.75, 3.05) is 0 Å². The third-order valence-electron chi connectivity index (χ3n) is 4.97. The number of nitrogens with zero attached hydrogens (tertiary/aromatic N) is 1. The van der Waals surface area contributed by atoms with Gasteiger partial charge in [0, 0.05) is 5.39 Å². The summed E-state index contributed by atoms with van der Waals surface area (Å²) in [5, 5.41) is 12.0. The Morgan fingerprint density at radius 1 is 0.966 bits per heavy atom. The monoisotopic (exact) mass is 383 g/mol. The van der Waals surface area contributed by atoms with E-state index in [0.717, 1.165) is 29.0 Å². The van der Waals surface area contributed by atoms with Crippen LogP contribution in [0.2, 0.25) is 0 Å². The summed E-state index contributed by atoms with van der Waals surface area (Å²) in [6.45, 7) is 2.14. The highest BCUT2D eigenvalue weighted by Crippen LogP contribution is 2.30. The minimum absolute atomic E-state index is 0.121. The van der Waals surface area contributed by atoms with Crippen LogP contribution < -0.4 is 4.74 Å². The Kier molecular flexibility index (Phi) is 4.97. The van der Waals surface area contributed by atoms with Crippen molar-refractivity contribution in [2.45, 2.75) is 19.8 Å². The van der Waals surface area contributed by atoms with Gasteiger partial charge in [-0.1, -0.05) is 49.7 Å². The van der Waals surface area contributed by atoms with Gasteiger partial charge < -0.3 is 4.74 Å². The van der Waals surface area contributed by atoms with Gasteiger partial charge in [-0.3, -0.25) is 0 Å². The largest absolute Gasteiger partial charge is 0.423 e. The van der Waals surface area contributed by atoms with E-state index >= 15 is 4.39 Å². The van der Waals surface area contributed by atoms with Crippen LogP contribution in [0, 0.1) is 17.1 Å². The van der Waals surface area contributed by atoms with Crippen LogP contribution in [0.15, 0.2) is 66.7 Å². The van der Waals surface area contributed by atoms with Gasteiger partial charge in [0.25, 0.3) is 0 Å². The van der Waals surface area contributed by atoms with Gasteiger partial charge in [-0.15, -0.1) is 0 Å². The molecule has 0 heterocycles. The summed E-state index contributed by atoms with van der Waals surface area (Å²) in [6, 6.07) is 21.1. The van der Waals surface area contributed by atoms with Crippen molar-refractivity contribution in [2.24, 2.45) is 0 Å². The maximum atomic E-state index is 15.1. The molecule has 0 unspecified atom stereocenters. The van der Waals surface area contributed by atoms with Crippen molar-refractivity contribution in [3.8, 4) is 11.8 Å². The second-order valence-electron chi connectivity index (χ2n) is 6.92. The molecule has 0 amide bonds. The predicted molar refractivity (Wildman–Crippen MR) is 112 cm³/mol. The molecule has 0 atom stereocenters. The van der Waals surface area contributed by atoms with Gasteiger partial charge in [0.15, 0.2) is 0 Å². The normalized spacial score (nSPS) is 10.8. The number of hydrogen-bond acceptors (Lipinski definition) is 3. The second-order valence-corrected chi connectivity index (χ2v) is 6.92. The summed E-state index contributed by atoms with van der Waals surface area (Å²) in [5.41, 5.74) is 1.59. The van der Waals surface area contributed by atoms with Crippen LogP contribution >= 0.6 is 0 Å². The average Bonchev–Trinajstić information content (AvgIpc) is 2.74. The maximum Gasteiger partial charge on any atom is 0.346 e. The molecular weight excluding hydrogens is 365 g/mol. The number of esters is 1. The molecule has 0 aromatic heterocycles. The van der Waals surface area contributed by atoms with Crippen molar-refractivity contribution in [3.05, 3.63) is 89.2 Å². The molecule has 4 rings (SSSR count). The molecule has 0 N–H and O–H groups in total. The Hall–Kier alpha value is -3.71. The molecule has 4 aromatic carbocycles. The number of nitriles is 1. The number of ether oxygens (including phenoxy) is 1. The Bertz CT molecular complexity index is 1270. The van der Waals surface area contributed by atoms with Gasteiger partial charge in [-0.05, 0) is 58.5 Å². The number of benzene rings is 4. The smallest absolute Gasteiger partial charge is 0.346 e. The number of halogens is 1. The van der Waals surface area contributed by atoms with Crippen molar-refractivity contribution in [1.82, 2.24) is 0 Å². The van der Waals surface area contributed by atoms with E-state index in [0.29, 0.717) is 10.9 Å². The summed E-state index contributed by atoms with van der Waals surface area (Å²) in [5.74, 6) is -1.11. The van der Waals surface area contributed by atoms with E-state index in [4.69, 9.17) is 10.00 Å². The Labute approximate surface area is 168 Å². The molecule has 3 nitrogen and oxygen atoms in total. The maximum absolute atomic E-state index is 15.1. The lowest BCUT2D eigenvalue weighted by Crippen LogP contribution is -2.11. The Morgan fingerprint density at radius 3 is 2.41 bits per heavy atom. The van der Waals surface area contributed by atoms with Crippen LogP contribution in [0.5, 0.6) is 5.75 Å². The van der Waals surface area contributed by atoms with E-state index in [1.165, 1.54) is 35.9 Å². The van der Waals surface area contributed by atoms with E-state index in [2.05, 4.69) is 19.1 Å². The molecule has 0 aliphatic rings. The first-order chi connectivity index (χ1) is 14.1. The summed E-state index contributed by atoms with van der Waals surface area (Å²) >= 11 is 0. The van der Waals surface area contributed by atoms with E-state index in [-0.39, 0.29) is 11.3 Å². The first kappa shape index (κ1) is 18.6. The average molecular weight is 383 g/mol. The van der Waals surface area contributed by atoms with Gasteiger partial charge in [-0.2, -0.15) is 5.26 Å². The zero-order valence-corrected chi connectivity index (χ0v) is 15.9. The number of aryl methyl sites for hydroxylation is 1. The molecular formula is C25H18FNO2. The number of carbonyl (C=O) groups excluding carboxylic acids is 1. The fourth-order valence-corrected chi connectivity index (χ4v) is 3.52. The Morgan fingerprint density at radius 2 is 1.69 bits per heavy atom. The van der Waals surface area contributed by atoms with Gasteiger partial charge in [0.1, 0.15) is 11.6 Å². The van der Waals surface area contributed by atoms with Crippen molar-refractivity contribution < 1.29 is 13.9 Å². The lowest BCUT2D eigenvalue weighted by molar-refractivity contribution is 0.0730. The fourth-order valence-electron chi connectivity index (χ4n) is 3.52. The van der Waals surface area contributed by atoms with E-state index in [1.807, 2.05) is 18.2 Å². The van der Waals surface area contributed by atoms with Crippen LogP contribution in [0.1, 0.15) is 34.8 Å². The third kappa shape index (κ3) is 3.55. The second kappa shape index (κ2) is 7.73. The molecule has 0 aliphatic heterocycles. The van der Waals surface area contributed by atoms with Crippen LogP contribution in [0.4, 0.5) is 4.39 Å². The quantitative estimate of drug-likeness (QED) is 0.240. The molecule has 29 heavy (non-hydrogen) atoms. The first-order valence-corrected chi connectivity index (χ1v) is 9.47. The molecule has 0 aliphatic carbocycles. The molecule has 4 aromatic rings. The first-order valence-electron chi connectivity index (χ1n) is 9.47. The lowest BCUT2D eigenvalue weighted by Gasteiger charge is -2.10. The van der Waals surface area contributed by atoms with E-state index in [1.54, 1.807) is 12.1 Å². The number of hydrogen-bond donors (Lipinski definition) is 0. The molecule has 142 valence electrons. The SMILES string of the molecule is CCCc1ccc2c(ccc3c(F)c(C(=O)Oc4ccc(C#N)cc4)ccc32)c1. The predicted octanol–water partition coefficient (Wildman–Crippen LogP) is 6.18. The summed E-state index contributed by atoms with van der Waals surface area (Å²) < 4.78 is 20.4. The molecule has 0 saturated carbocycles.